The fourth-order valence-corrected chi connectivity index (χ4v) is 1.67. The minimum absolute atomic E-state index is 0. The predicted octanol–water partition coefficient (Wildman–Crippen LogP) is 3.25. The van der Waals surface area contributed by atoms with Crippen LogP contribution < -0.4 is 4.74 Å². The van der Waals surface area contributed by atoms with Crippen LogP contribution in [0.2, 0.25) is 0 Å². The lowest BCUT2D eigenvalue weighted by atomic mass is 10.2. The summed E-state index contributed by atoms with van der Waals surface area (Å²) < 4.78 is 10.8. The molecule has 4 nitrogen and oxygen atoms in total. The molecule has 0 spiro atoms. The van der Waals surface area contributed by atoms with E-state index in [9.17, 15) is 0 Å². The average Bonchev–Trinajstić information content (AvgIpc) is 2.96. The van der Waals surface area contributed by atoms with Crippen molar-refractivity contribution in [3.8, 4) is 17.3 Å². The molecule has 0 radical (unpaired) electrons. The summed E-state index contributed by atoms with van der Waals surface area (Å²) in [5.41, 5.74) is 0.826. The Morgan fingerprint density at radius 2 is 2.18 bits per heavy atom. The molecule has 5 heteroatoms. The highest BCUT2D eigenvalue weighted by atomic mass is 35.5. The highest BCUT2D eigenvalue weighted by molar-refractivity contribution is 5.85. The molecule has 0 bridgehead atoms. The molecule has 0 saturated heterocycles. The maximum absolute atomic E-state index is 5.66. The molecule has 0 aliphatic carbocycles. The zero-order valence-electron chi connectivity index (χ0n) is 9.14. The molecule has 3 rings (SSSR count). The van der Waals surface area contributed by atoms with Crippen molar-refractivity contribution in [3.05, 3.63) is 36.7 Å². The molecule has 0 saturated carbocycles. The maximum Gasteiger partial charge on any atom is 0.173 e. The van der Waals surface area contributed by atoms with Gasteiger partial charge in [0.25, 0.3) is 0 Å². The van der Waals surface area contributed by atoms with E-state index in [0.29, 0.717) is 0 Å². The summed E-state index contributed by atoms with van der Waals surface area (Å²) in [5, 5.41) is 1.01. The van der Waals surface area contributed by atoms with E-state index in [0.717, 1.165) is 28.3 Å². The number of nitrogens with one attached hydrogen (secondary N) is 1. The van der Waals surface area contributed by atoms with Gasteiger partial charge in [-0.1, -0.05) is 0 Å². The van der Waals surface area contributed by atoms with Gasteiger partial charge in [-0.05, 0) is 24.3 Å². The smallest absolute Gasteiger partial charge is 0.173 e. The van der Waals surface area contributed by atoms with Crippen LogP contribution in [0.15, 0.2) is 41.1 Å². The molecule has 3 aromatic rings. The number of nitrogens with zero attached hydrogens (tertiary/aromatic N) is 1. The first kappa shape index (κ1) is 11.5. The SMILES string of the molecule is COc1ccc2oc(-c3ncc[nH]3)cc2c1.Cl. The molecular formula is C12H11ClN2O2. The molecule has 0 aliphatic heterocycles. The number of aromatic amines is 1. The second-order valence-corrected chi connectivity index (χ2v) is 3.45. The van der Waals surface area contributed by atoms with Gasteiger partial charge < -0.3 is 14.1 Å². The number of hydrogen-bond acceptors (Lipinski definition) is 3. The normalized spacial score (nSPS) is 10.2. The molecule has 0 atom stereocenters. The Kier molecular flexibility index (Phi) is 3.06. The van der Waals surface area contributed by atoms with E-state index < -0.39 is 0 Å². The molecule has 2 heterocycles. The van der Waals surface area contributed by atoms with Gasteiger partial charge in [0.2, 0.25) is 0 Å². The third-order valence-electron chi connectivity index (χ3n) is 2.46. The quantitative estimate of drug-likeness (QED) is 0.760. The fraction of sp³-hybridized carbons (Fsp3) is 0.0833. The van der Waals surface area contributed by atoms with Gasteiger partial charge in [0.15, 0.2) is 11.6 Å². The predicted molar refractivity (Wildman–Crippen MR) is 67.6 cm³/mol. The van der Waals surface area contributed by atoms with Crippen LogP contribution in [0.5, 0.6) is 5.75 Å². The van der Waals surface area contributed by atoms with E-state index >= 15 is 0 Å². The van der Waals surface area contributed by atoms with Crippen LogP contribution in [-0.4, -0.2) is 17.1 Å². The van der Waals surface area contributed by atoms with Crippen molar-refractivity contribution in [2.24, 2.45) is 0 Å². The first-order chi connectivity index (χ1) is 7.86. The zero-order chi connectivity index (χ0) is 11.0. The second-order valence-electron chi connectivity index (χ2n) is 3.45. The van der Waals surface area contributed by atoms with E-state index in [-0.39, 0.29) is 12.4 Å². The van der Waals surface area contributed by atoms with Crippen molar-refractivity contribution in [2.75, 3.05) is 7.11 Å². The minimum atomic E-state index is 0. The standard InChI is InChI=1S/C12H10N2O2.ClH/c1-15-9-2-3-10-8(6-9)7-11(16-10)12-13-4-5-14-12;/h2-7H,1H3,(H,13,14);1H. The van der Waals surface area contributed by atoms with E-state index in [1.807, 2.05) is 24.3 Å². The molecule has 0 fully saturated rings. The number of imidazole rings is 1. The van der Waals surface area contributed by atoms with Crippen LogP contribution in [0.25, 0.3) is 22.6 Å². The maximum atomic E-state index is 5.66. The van der Waals surface area contributed by atoms with Gasteiger partial charge in [0.1, 0.15) is 11.3 Å². The Hall–Kier alpha value is -1.94. The summed E-state index contributed by atoms with van der Waals surface area (Å²) in [6.07, 6.45) is 3.46. The van der Waals surface area contributed by atoms with Crippen LogP contribution in [0.3, 0.4) is 0 Å². The van der Waals surface area contributed by atoms with Crippen molar-refractivity contribution in [3.63, 3.8) is 0 Å². The third-order valence-corrected chi connectivity index (χ3v) is 2.46. The lowest BCUT2D eigenvalue weighted by Crippen LogP contribution is -1.79. The number of furan rings is 1. The summed E-state index contributed by atoms with van der Waals surface area (Å²) in [6, 6.07) is 7.64. The molecule has 0 amide bonds. The average molecular weight is 251 g/mol. The lowest BCUT2D eigenvalue weighted by molar-refractivity contribution is 0.415. The number of fused-ring (bicyclic) bond motifs is 1. The topological polar surface area (TPSA) is 51.1 Å². The number of H-pyrrole nitrogens is 1. The molecule has 1 aromatic carbocycles. The summed E-state index contributed by atoms with van der Waals surface area (Å²) in [7, 11) is 1.65. The Bertz CT molecular complexity index is 617. The molecule has 17 heavy (non-hydrogen) atoms. The number of hydrogen-bond donors (Lipinski definition) is 1. The van der Waals surface area contributed by atoms with Crippen LogP contribution in [0.4, 0.5) is 0 Å². The largest absolute Gasteiger partial charge is 0.497 e. The van der Waals surface area contributed by atoms with Crippen LogP contribution in [-0.2, 0) is 0 Å². The van der Waals surface area contributed by atoms with Crippen molar-refractivity contribution in [2.45, 2.75) is 0 Å². The van der Waals surface area contributed by atoms with Crippen LogP contribution in [0, 0.1) is 0 Å². The first-order valence-corrected chi connectivity index (χ1v) is 4.94. The van der Waals surface area contributed by atoms with Gasteiger partial charge >= 0.3 is 0 Å². The van der Waals surface area contributed by atoms with Gasteiger partial charge in [-0.3, -0.25) is 0 Å². The molecule has 0 aliphatic rings. The zero-order valence-corrected chi connectivity index (χ0v) is 9.95. The summed E-state index contributed by atoms with van der Waals surface area (Å²) >= 11 is 0. The molecule has 88 valence electrons. The Morgan fingerprint density at radius 3 is 2.88 bits per heavy atom. The minimum Gasteiger partial charge on any atom is -0.497 e. The van der Waals surface area contributed by atoms with E-state index in [2.05, 4.69) is 9.97 Å². The highest BCUT2D eigenvalue weighted by Crippen LogP contribution is 2.28. The van der Waals surface area contributed by atoms with Crippen LogP contribution in [0.1, 0.15) is 0 Å². The van der Waals surface area contributed by atoms with Gasteiger partial charge in [0, 0.05) is 17.8 Å². The number of ether oxygens (including phenoxy) is 1. The summed E-state index contributed by atoms with van der Waals surface area (Å²) in [4.78, 5) is 7.15. The summed E-state index contributed by atoms with van der Waals surface area (Å²) in [5.74, 6) is 2.28. The highest BCUT2D eigenvalue weighted by Gasteiger charge is 2.08. The number of benzene rings is 1. The first-order valence-electron chi connectivity index (χ1n) is 4.94. The fourth-order valence-electron chi connectivity index (χ4n) is 1.67. The van der Waals surface area contributed by atoms with Gasteiger partial charge in [-0.25, -0.2) is 4.98 Å². The van der Waals surface area contributed by atoms with Crippen molar-refractivity contribution in [1.29, 1.82) is 0 Å². The molecule has 1 N–H and O–H groups in total. The van der Waals surface area contributed by atoms with Crippen molar-refractivity contribution < 1.29 is 9.15 Å². The second kappa shape index (κ2) is 4.51. The Balaban J connectivity index is 0.00000108. The van der Waals surface area contributed by atoms with Gasteiger partial charge in [0.05, 0.1) is 7.11 Å². The number of aromatic nitrogens is 2. The number of halogens is 1. The third kappa shape index (κ3) is 1.99. The lowest BCUT2D eigenvalue weighted by Gasteiger charge is -1.96. The van der Waals surface area contributed by atoms with E-state index in [4.69, 9.17) is 9.15 Å². The van der Waals surface area contributed by atoms with Crippen molar-refractivity contribution >= 4 is 23.4 Å². The number of rotatable bonds is 2. The molecular weight excluding hydrogens is 240 g/mol. The number of methoxy groups -OCH3 is 1. The Morgan fingerprint density at radius 1 is 1.29 bits per heavy atom. The monoisotopic (exact) mass is 250 g/mol. The van der Waals surface area contributed by atoms with E-state index in [1.165, 1.54) is 0 Å². The van der Waals surface area contributed by atoms with E-state index in [1.54, 1.807) is 19.5 Å². The summed E-state index contributed by atoms with van der Waals surface area (Å²) in [6.45, 7) is 0. The van der Waals surface area contributed by atoms with Gasteiger partial charge in [-0.2, -0.15) is 0 Å². The van der Waals surface area contributed by atoms with Crippen LogP contribution >= 0.6 is 12.4 Å². The van der Waals surface area contributed by atoms with Gasteiger partial charge in [-0.15, -0.1) is 12.4 Å². The van der Waals surface area contributed by atoms with Crippen molar-refractivity contribution in [1.82, 2.24) is 9.97 Å². The molecule has 0 unspecified atom stereocenters. The molecule has 2 aromatic heterocycles. The Labute approximate surface area is 104 Å².